The van der Waals surface area contributed by atoms with Gasteiger partial charge < -0.3 is 0 Å². The summed E-state index contributed by atoms with van der Waals surface area (Å²) in [4.78, 5) is 0. The van der Waals surface area contributed by atoms with Crippen molar-refractivity contribution in [1.29, 1.82) is 0 Å². The Morgan fingerprint density at radius 1 is 0.800 bits per heavy atom. The van der Waals surface area contributed by atoms with E-state index in [4.69, 9.17) is 0 Å². The summed E-state index contributed by atoms with van der Waals surface area (Å²) in [5.41, 5.74) is 0. The molecule has 0 N–H and O–H groups in total. The third kappa shape index (κ3) is 8.43. The zero-order valence-electron chi connectivity index (χ0n) is 10.4. The first kappa shape index (κ1) is 15.6. The van der Waals surface area contributed by atoms with E-state index in [0.717, 1.165) is 5.92 Å². The van der Waals surface area contributed by atoms with Crippen LogP contribution in [0.4, 0.5) is 0 Å². The first-order valence-electron chi connectivity index (χ1n) is 6.93. The third-order valence-corrected chi connectivity index (χ3v) is 3.69. The Kier molecular flexibility index (Phi) is 11.6. The molecule has 0 unspecified atom stereocenters. The van der Waals surface area contributed by atoms with Crippen molar-refractivity contribution in [3.8, 4) is 0 Å². The molecule has 2 saturated carbocycles. The first-order valence-corrected chi connectivity index (χ1v) is 6.93. The minimum absolute atomic E-state index is 0. The first-order chi connectivity index (χ1) is 6.93. The van der Waals surface area contributed by atoms with E-state index in [1.54, 1.807) is 0 Å². The van der Waals surface area contributed by atoms with Crippen LogP contribution in [0.5, 0.6) is 0 Å². The third-order valence-electron chi connectivity index (χ3n) is 3.69. The van der Waals surface area contributed by atoms with E-state index in [1.807, 2.05) is 0 Å². The minimum Gasteiger partial charge on any atom is -0.0654 e. The fourth-order valence-electron chi connectivity index (χ4n) is 2.68. The molecular formula is C14H28Ru. The maximum Gasteiger partial charge on any atom is 0 e. The zero-order chi connectivity index (χ0) is 10.1. The van der Waals surface area contributed by atoms with Crippen LogP contribution >= 0.6 is 0 Å². The summed E-state index contributed by atoms with van der Waals surface area (Å²) < 4.78 is 0. The van der Waals surface area contributed by atoms with Crippen LogP contribution < -0.4 is 0 Å². The molecule has 0 radical (unpaired) electrons. The Labute approximate surface area is 109 Å². The summed E-state index contributed by atoms with van der Waals surface area (Å²) in [5, 5.41) is 0. The van der Waals surface area contributed by atoms with Gasteiger partial charge in [-0.05, 0) is 5.92 Å². The van der Waals surface area contributed by atoms with E-state index < -0.39 is 0 Å². The quantitative estimate of drug-likeness (QED) is 0.619. The molecule has 0 aromatic rings. The Balaban J connectivity index is 0.000000280. The Morgan fingerprint density at radius 3 is 1.67 bits per heavy atom. The van der Waals surface area contributed by atoms with Crippen molar-refractivity contribution in [3.63, 3.8) is 0 Å². The smallest absolute Gasteiger partial charge is 0 e. The van der Waals surface area contributed by atoms with Crippen molar-refractivity contribution < 1.29 is 19.5 Å². The van der Waals surface area contributed by atoms with E-state index in [9.17, 15) is 0 Å². The molecule has 2 aliphatic rings. The molecule has 0 saturated heterocycles. The largest absolute Gasteiger partial charge is 0.0654 e. The Hall–Kier alpha value is 0.623. The van der Waals surface area contributed by atoms with Gasteiger partial charge in [0, 0.05) is 19.5 Å². The van der Waals surface area contributed by atoms with Crippen molar-refractivity contribution in [2.24, 2.45) is 5.92 Å². The van der Waals surface area contributed by atoms with Gasteiger partial charge in [0.1, 0.15) is 0 Å². The molecule has 0 aromatic heterocycles. The van der Waals surface area contributed by atoms with Crippen molar-refractivity contribution >= 4 is 0 Å². The molecule has 92 valence electrons. The molecule has 2 rings (SSSR count). The number of hydrogen-bond acceptors (Lipinski definition) is 0. The summed E-state index contributed by atoms with van der Waals surface area (Å²) in [6.07, 6.45) is 17.9. The van der Waals surface area contributed by atoms with Gasteiger partial charge in [0.05, 0.1) is 0 Å². The van der Waals surface area contributed by atoms with Gasteiger partial charge in [0.25, 0.3) is 0 Å². The van der Waals surface area contributed by atoms with Crippen molar-refractivity contribution in [3.05, 3.63) is 0 Å². The van der Waals surface area contributed by atoms with Gasteiger partial charge in [0.2, 0.25) is 0 Å². The molecule has 0 nitrogen and oxygen atoms in total. The molecule has 2 aliphatic carbocycles. The van der Waals surface area contributed by atoms with Crippen LogP contribution in [-0.2, 0) is 19.5 Å². The monoisotopic (exact) mass is 298 g/mol. The van der Waals surface area contributed by atoms with Crippen LogP contribution in [0, 0.1) is 5.92 Å². The molecule has 0 aliphatic heterocycles. The Bertz CT molecular complexity index is 105. The van der Waals surface area contributed by atoms with Crippen molar-refractivity contribution in [2.75, 3.05) is 0 Å². The fourth-order valence-corrected chi connectivity index (χ4v) is 2.68. The van der Waals surface area contributed by atoms with Crippen LogP contribution in [0.15, 0.2) is 0 Å². The molecule has 0 amide bonds. The van der Waals surface area contributed by atoms with Gasteiger partial charge in [-0.15, -0.1) is 0 Å². The van der Waals surface area contributed by atoms with Crippen LogP contribution in [0.1, 0.15) is 84.0 Å². The summed E-state index contributed by atoms with van der Waals surface area (Å²) in [7, 11) is 0. The normalized spacial score (nSPS) is 20.6. The topological polar surface area (TPSA) is 0 Å². The molecule has 1 heteroatoms. The minimum atomic E-state index is 0. The summed E-state index contributed by atoms with van der Waals surface area (Å²) in [6, 6.07) is 0. The maximum absolute atomic E-state index is 2.29. The second kappa shape index (κ2) is 11.1. The molecular weight excluding hydrogens is 269 g/mol. The molecule has 0 spiro atoms. The molecule has 0 atom stereocenters. The van der Waals surface area contributed by atoms with Crippen LogP contribution in [-0.4, -0.2) is 0 Å². The predicted octanol–water partition coefficient (Wildman–Crippen LogP) is 5.31. The second-order valence-corrected chi connectivity index (χ2v) is 5.06. The van der Waals surface area contributed by atoms with Gasteiger partial charge in [-0.1, -0.05) is 84.0 Å². The molecule has 0 aromatic carbocycles. The standard InChI is InChI=1S/C9H18.C5H10.Ru/c1-2-3-6-9-7-4-5-8-9;1-2-4-5-3-1;/h9H,2-8H2,1H3;1-5H2;. The van der Waals surface area contributed by atoms with Crippen molar-refractivity contribution in [2.45, 2.75) is 84.0 Å². The van der Waals surface area contributed by atoms with Gasteiger partial charge in [0.15, 0.2) is 0 Å². The van der Waals surface area contributed by atoms with Crippen LogP contribution in [0.2, 0.25) is 0 Å². The van der Waals surface area contributed by atoms with Gasteiger partial charge in [-0.2, -0.15) is 0 Å². The maximum atomic E-state index is 2.29. The van der Waals surface area contributed by atoms with E-state index in [0.29, 0.717) is 0 Å². The Morgan fingerprint density at radius 2 is 1.27 bits per heavy atom. The van der Waals surface area contributed by atoms with Crippen molar-refractivity contribution in [1.82, 2.24) is 0 Å². The number of rotatable bonds is 3. The van der Waals surface area contributed by atoms with E-state index in [2.05, 4.69) is 6.92 Å². The second-order valence-electron chi connectivity index (χ2n) is 5.06. The zero-order valence-corrected chi connectivity index (χ0v) is 12.2. The summed E-state index contributed by atoms with van der Waals surface area (Å²) >= 11 is 0. The molecule has 15 heavy (non-hydrogen) atoms. The molecule has 0 bridgehead atoms. The predicted molar refractivity (Wildman–Crippen MR) is 64.6 cm³/mol. The summed E-state index contributed by atoms with van der Waals surface area (Å²) in [5.74, 6) is 1.12. The molecule has 2 fully saturated rings. The van der Waals surface area contributed by atoms with Crippen LogP contribution in [0.3, 0.4) is 0 Å². The van der Waals surface area contributed by atoms with E-state index in [-0.39, 0.29) is 19.5 Å². The van der Waals surface area contributed by atoms with E-state index >= 15 is 0 Å². The van der Waals surface area contributed by atoms with Gasteiger partial charge in [-0.3, -0.25) is 0 Å². The van der Waals surface area contributed by atoms with Crippen LogP contribution in [0.25, 0.3) is 0 Å². The average Bonchev–Trinajstić information content (AvgIpc) is 2.90. The number of hydrogen-bond donors (Lipinski definition) is 0. The molecule has 0 heterocycles. The van der Waals surface area contributed by atoms with Gasteiger partial charge in [-0.25, -0.2) is 0 Å². The average molecular weight is 297 g/mol. The fraction of sp³-hybridized carbons (Fsp3) is 1.00. The van der Waals surface area contributed by atoms with Gasteiger partial charge >= 0.3 is 0 Å². The number of unbranched alkanes of at least 4 members (excludes halogenated alkanes) is 1. The SMILES string of the molecule is C1CCCC1.CCCCC1CCCC1.[Ru]. The summed E-state index contributed by atoms with van der Waals surface area (Å²) in [6.45, 7) is 2.29. The van der Waals surface area contributed by atoms with E-state index in [1.165, 1.54) is 77.0 Å².